The van der Waals surface area contributed by atoms with E-state index in [2.05, 4.69) is 17.4 Å². The molecule has 0 spiro atoms. The van der Waals surface area contributed by atoms with Crippen LogP contribution < -0.4 is 19.5 Å². The molecule has 21 heavy (non-hydrogen) atoms. The van der Waals surface area contributed by atoms with Crippen LogP contribution in [0.1, 0.15) is 17.2 Å². The second-order valence-corrected chi connectivity index (χ2v) is 5.07. The van der Waals surface area contributed by atoms with Crippen LogP contribution in [0.15, 0.2) is 36.4 Å². The van der Waals surface area contributed by atoms with E-state index in [1.54, 1.807) is 21.3 Å². The van der Waals surface area contributed by atoms with Gasteiger partial charge in [0.05, 0.1) is 27.4 Å². The van der Waals surface area contributed by atoms with Gasteiger partial charge in [0, 0.05) is 11.8 Å². The minimum Gasteiger partial charge on any atom is -0.497 e. The van der Waals surface area contributed by atoms with Gasteiger partial charge in [0.2, 0.25) is 0 Å². The highest BCUT2D eigenvalue weighted by molar-refractivity contribution is 5.61. The van der Waals surface area contributed by atoms with E-state index in [1.807, 2.05) is 24.3 Å². The first-order valence-corrected chi connectivity index (χ1v) is 6.90. The third-order valence-electron chi connectivity index (χ3n) is 3.84. The molecule has 1 heterocycles. The number of rotatable bonds is 4. The fraction of sp³-hybridized carbons (Fsp3) is 0.294. The van der Waals surface area contributed by atoms with Crippen molar-refractivity contribution >= 4 is 5.69 Å². The van der Waals surface area contributed by atoms with Crippen molar-refractivity contribution in [2.24, 2.45) is 0 Å². The van der Waals surface area contributed by atoms with Gasteiger partial charge < -0.3 is 19.5 Å². The average molecular weight is 285 g/mol. The second-order valence-electron chi connectivity index (χ2n) is 5.07. The lowest BCUT2D eigenvalue weighted by Gasteiger charge is -2.14. The van der Waals surface area contributed by atoms with Crippen LogP contribution in [0.3, 0.4) is 0 Å². The fourth-order valence-corrected chi connectivity index (χ4v) is 2.70. The number of benzene rings is 2. The highest BCUT2D eigenvalue weighted by atomic mass is 16.5. The molecule has 0 radical (unpaired) electrons. The lowest BCUT2D eigenvalue weighted by Crippen LogP contribution is -2.06. The molecule has 0 fully saturated rings. The number of hydrogen-bond acceptors (Lipinski definition) is 4. The van der Waals surface area contributed by atoms with E-state index in [4.69, 9.17) is 14.2 Å². The first-order valence-electron chi connectivity index (χ1n) is 6.90. The van der Waals surface area contributed by atoms with Crippen molar-refractivity contribution in [2.45, 2.75) is 12.5 Å². The van der Waals surface area contributed by atoms with E-state index in [9.17, 15) is 0 Å². The SMILES string of the molecule is COc1cc(OC)cc(C2Cc3cc(OC)ccc3N2)c1. The predicted molar refractivity (Wildman–Crippen MR) is 82.6 cm³/mol. The van der Waals surface area contributed by atoms with Crippen molar-refractivity contribution < 1.29 is 14.2 Å². The van der Waals surface area contributed by atoms with Crippen LogP contribution in [0.5, 0.6) is 17.2 Å². The third kappa shape index (κ3) is 2.61. The zero-order valence-electron chi connectivity index (χ0n) is 12.5. The van der Waals surface area contributed by atoms with Crippen LogP contribution in [0.2, 0.25) is 0 Å². The number of nitrogens with one attached hydrogen (secondary N) is 1. The van der Waals surface area contributed by atoms with Crippen LogP contribution in [0, 0.1) is 0 Å². The Bertz CT molecular complexity index is 632. The van der Waals surface area contributed by atoms with Crippen molar-refractivity contribution in [1.82, 2.24) is 0 Å². The van der Waals surface area contributed by atoms with Gasteiger partial charge in [-0.2, -0.15) is 0 Å². The summed E-state index contributed by atoms with van der Waals surface area (Å²) in [4.78, 5) is 0. The number of ether oxygens (including phenoxy) is 3. The van der Waals surface area contributed by atoms with Crippen LogP contribution in [-0.2, 0) is 6.42 Å². The normalized spacial score (nSPS) is 16.0. The standard InChI is InChI=1S/C17H19NO3/c1-19-13-4-5-16-12(6-13)9-17(18-16)11-7-14(20-2)10-15(8-11)21-3/h4-8,10,17-18H,9H2,1-3H3. The Morgan fingerprint density at radius 3 is 2.14 bits per heavy atom. The minimum atomic E-state index is 0.219. The quantitative estimate of drug-likeness (QED) is 0.934. The third-order valence-corrected chi connectivity index (χ3v) is 3.84. The van der Waals surface area contributed by atoms with Gasteiger partial charge in [-0.15, -0.1) is 0 Å². The molecule has 1 unspecified atom stereocenters. The van der Waals surface area contributed by atoms with E-state index in [-0.39, 0.29) is 6.04 Å². The molecule has 3 rings (SSSR count). The van der Waals surface area contributed by atoms with Crippen molar-refractivity contribution in [3.05, 3.63) is 47.5 Å². The zero-order chi connectivity index (χ0) is 14.8. The Morgan fingerprint density at radius 1 is 0.857 bits per heavy atom. The highest BCUT2D eigenvalue weighted by Crippen LogP contribution is 2.38. The molecule has 2 aromatic carbocycles. The van der Waals surface area contributed by atoms with E-state index in [0.29, 0.717) is 0 Å². The van der Waals surface area contributed by atoms with Gasteiger partial charge in [-0.05, 0) is 47.9 Å². The lowest BCUT2D eigenvalue weighted by molar-refractivity contribution is 0.393. The second kappa shape index (κ2) is 5.56. The number of fused-ring (bicyclic) bond motifs is 1. The summed E-state index contributed by atoms with van der Waals surface area (Å²) >= 11 is 0. The van der Waals surface area contributed by atoms with Gasteiger partial charge >= 0.3 is 0 Å². The summed E-state index contributed by atoms with van der Waals surface area (Å²) < 4.78 is 16.0. The molecule has 0 amide bonds. The largest absolute Gasteiger partial charge is 0.497 e. The molecule has 1 N–H and O–H groups in total. The minimum absolute atomic E-state index is 0.219. The van der Waals surface area contributed by atoms with Gasteiger partial charge in [-0.1, -0.05) is 0 Å². The molecule has 0 aliphatic carbocycles. The summed E-state index contributed by atoms with van der Waals surface area (Å²) in [5.74, 6) is 2.50. The van der Waals surface area contributed by atoms with E-state index < -0.39 is 0 Å². The first-order chi connectivity index (χ1) is 10.2. The average Bonchev–Trinajstić information content (AvgIpc) is 2.97. The summed E-state index contributed by atoms with van der Waals surface area (Å²) in [5, 5.41) is 3.54. The van der Waals surface area contributed by atoms with E-state index in [1.165, 1.54) is 5.56 Å². The van der Waals surface area contributed by atoms with E-state index in [0.717, 1.165) is 34.9 Å². The fourth-order valence-electron chi connectivity index (χ4n) is 2.70. The Hall–Kier alpha value is -2.36. The highest BCUT2D eigenvalue weighted by Gasteiger charge is 2.23. The molecule has 2 aromatic rings. The first kappa shape index (κ1) is 13.6. The molecular weight excluding hydrogens is 266 g/mol. The van der Waals surface area contributed by atoms with Crippen LogP contribution in [0.25, 0.3) is 0 Å². The van der Waals surface area contributed by atoms with Gasteiger partial charge in [-0.25, -0.2) is 0 Å². The molecule has 0 bridgehead atoms. The van der Waals surface area contributed by atoms with Gasteiger partial charge in [0.15, 0.2) is 0 Å². The van der Waals surface area contributed by atoms with Crippen molar-refractivity contribution in [3.63, 3.8) is 0 Å². The van der Waals surface area contributed by atoms with Gasteiger partial charge in [0.25, 0.3) is 0 Å². The zero-order valence-corrected chi connectivity index (χ0v) is 12.5. The predicted octanol–water partition coefficient (Wildman–Crippen LogP) is 3.42. The van der Waals surface area contributed by atoms with Gasteiger partial charge in [-0.3, -0.25) is 0 Å². The van der Waals surface area contributed by atoms with Crippen molar-refractivity contribution in [1.29, 1.82) is 0 Å². The van der Waals surface area contributed by atoms with Crippen molar-refractivity contribution in [3.8, 4) is 17.2 Å². The molecule has 1 aliphatic heterocycles. The molecular formula is C17H19NO3. The number of hydrogen-bond donors (Lipinski definition) is 1. The molecule has 0 saturated heterocycles. The molecule has 1 aliphatic rings. The monoisotopic (exact) mass is 285 g/mol. The molecule has 0 saturated carbocycles. The molecule has 1 atom stereocenters. The molecule has 110 valence electrons. The maximum Gasteiger partial charge on any atom is 0.122 e. The molecule has 0 aromatic heterocycles. The van der Waals surface area contributed by atoms with Crippen LogP contribution in [0.4, 0.5) is 5.69 Å². The Labute approximate surface area is 124 Å². The smallest absolute Gasteiger partial charge is 0.122 e. The molecule has 4 nitrogen and oxygen atoms in total. The Kier molecular flexibility index (Phi) is 3.60. The Balaban J connectivity index is 1.90. The summed E-state index contributed by atoms with van der Waals surface area (Å²) in [7, 11) is 5.02. The molecule has 4 heteroatoms. The lowest BCUT2D eigenvalue weighted by atomic mass is 10.0. The van der Waals surface area contributed by atoms with Crippen molar-refractivity contribution in [2.75, 3.05) is 26.6 Å². The summed E-state index contributed by atoms with van der Waals surface area (Å²) in [6, 6.07) is 12.3. The van der Waals surface area contributed by atoms with Gasteiger partial charge in [0.1, 0.15) is 17.2 Å². The topological polar surface area (TPSA) is 39.7 Å². The summed E-state index contributed by atoms with van der Waals surface area (Å²) in [6.07, 6.45) is 0.919. The number of methoxy groups -OCH3 is 3. The maximum absolute atomic E-state index is 5.34. The van der Waals surface area contributed by atoms with Crippen LogP contribution in [-0.4, -0.2) is 21.3 Å². The summed E-state index contributed by atoms with van der Waals surface area (Å²) in [6.45, 7) is 0. The maximum atomic E-state index is 5.34. The number of anilines is 1. The van der Waals surface area contributed by atoms with Crippen LogP contribution >= 0.6 is 0 Å². The summed E-state index contributed by atoms with van der Waals surface area (Å²) in [5.41, 5.74) is 3.57. The Morgan fingerprint density at radius 2 is 1.52 bits per heavy atom. The van der Waals surface area contributed by atoms with E-state index >= 15 is 0 Å².